The maximum Gasteiger partial charge on any atom is 0.338 e. The third kappa shape index (κ3) is 4.56. The summed E-state index contributed by atoms with van der Waals surface area (Å²) >= 11 is 6.06. The topological polar surface area (TPSA) is 119 Å². The van der Waals surface area contributed by atoms with Gasteiger partial charge in [0.1, 0.15) is 16.4 Å². The molecule has 0 unspecified atom stereocenters. The van der Waals surface area contributed by atoms with E-state index in [9.17, 15) is 24.5 Å². The van der Waals surface area contributed by atoms with Gasteiger partial charge in [-0.15, -0.1) is 0 Å². The summed E-state index contributed by atoms with van der Waals surface area (Å²) in [5.74, 6) is -1.98. The molecule has 0 atom stereocenters. The monoisotopic (exact) mass is 443 g/mol. The molecule has 2 amide bonds. The van der Waals surface area contributed by atoms with Crippen LogP contribution in [0.5, 0.6) is 0 Å². The van der Waals surface area contributed by atoms with Crippen LogP contribution < -0.4 is 10.2 Å². The Balaban J connectivity index is 1.80. The number of para-hydroxylation sites is 2. The van der Waals surface area contributed by atoms with E-state index in [0.717, 1.165) is 0 Å². The number of carbonyl (C=O) groups excluding carboxylic acids is 3. The Kier molecular flexibility index (Phi) is 6.36. The number of hydrogen-bond donors (Lipinski definition) is 1. The molecular weight excluding hydrogens is 426 g/mol. The Hall–Kier alpha value is -3.72. The van der Waals surface area contributed by atoms with Gasteiger partial charge >= 0.3 is 5.97 Å². The minimum Gasteiger partial charge on any atom is -0.462 e. The summed E-state index contributed by atoms with van der Waals surface area (Å²) in [5.41, 5.74) is -0.0967. The van der Waals surface area contributed by atoms with Gasteiger partial charge in [0.05, 0.1) is 17.1 Å². The zero-order valence-corrected chi connectivity index (χ0v) is 17.4. The maximum absolute atomic E-state index is 12.8. The van der Waals surface area contributed by atoms with Gasteiger partial charge < -0.3 is 10.1 Å². The number of rotatable bonds is 7. The first-order valence-corrected chi connectivity index (χ1v) is 9.64. The molecule has 31 heavy (non-hydrogen) atoms. The van der Waals surface area contributed by atoms with Gasteiger partial charge in [-0.25, -0.2) is 9.69 Å². The molecule has 0 spiro atoms. The second-order valence-corrected chi connectivity index (χ2v) is 7.45. The van der Waals surface area contributed by atoms with Crippen molar-refractivity contribution in [2.75, 3.05) is 16.8 Å². The first-order chi connectivity index (χ1) is 14.7. The second kappa shape index (κ2) is 8.97. The largest absolute Gasteiger partial charge is 0.462 e. The van der Waals surface area contributed by atoms with E-state index in [-0.39, 0.29) is 17.3 Å². The van der Waals surface area contributed by atoms with Crippen LogP contribution >= 0.6 is 11.6 Å². The van der Waals surface area contributed by atoms with Crippen molar-refractivity contribution in [1.29, 1.82) is 0 Å². The van der Waals surface area contributed by atoms with Crippen LogP contribution in [0, 0.1) is 16.0 Å². The van der Waals surface area contributed by atoms with Crippen molar-refractivity contribution < 1.29 is 24.0 Å². The number of hydrogen-bond acceptors (Lipinski definition) is 7. The first kappa shape index (κ1) is 22.0. The molecule has 1 heterocycles. The van der Waals surface area contributed by atoms with E-state index in [2.05, 4.69) is 5.32 Å². The van der Waals surface area contributed by atoms with E-state index < -0.39 is 33.4 Å². The van der Waals surface area contributed by atoms with Crippen molar-refractivity contribution in [3.05, 3.63) is 74.9 Å². The molecule has 0 fully saturated rings. The van der Waals surface area contributed by atoms with Gasteiger partial charge in [-0.1, -0.05) is 37.6 Å². The highest BCUT2D eigenvalue weighted by molar-refractivity contribution is 6.53. The molecule has 10 heteroatoms. The minimum atomic E-state index is -0.877. The molecule has 1 aliphatic rings. The van der Waals surface area contributed by atoms with Gasteiger partial charge in [0.25, 0.3) is 17.5 Å². The summed E-state index contributed by atoms with van der Waals surface area (Å²) in [6, 6.07) is 11.4. The summed E-state index contributed by atoms with van der Waals surface area (Å²) in [7, 11) is 0. The number of imide groups is 1. The van der Waals surface area contributed by atoms with Crippen LogP contribution in [0.2, 0.25) is 0 Å². The van der Waals surface area contributed by atoms with E-state index >= 15 is 0 Å². The number of nitro benzene ring substituents is 1. The molecule has 2 aromatic carbocycles. The summed E-state index contributed by atoms with van der Waals surface area (Å²) < 4.78 is 5.15. The molecule has 0 bridgehead atoms. The summed E-state index contributed by atoms with van der Waals surface area (Å²) in [4.78, 5) is 48.6. The van der Waals surface area contributed by atoms with Crippen molar-refractivity contribution in [3.63, 3.8) is 0 Å². The SMILES string of the molecule is CC(C)COC(=O)c1ccc(NC2=C(Cl)C(=O)N(c3ccccc3[N+](=O)[O-])C2=O)cc1. The minimum absolute atomic E-state index is 0.180. The number of anilines is 2. The third-order valence-corrected chi connectivity index (χ3v) is 4.63. The number of ether oxygens (including phenoxy) is 1. The quantitative estimate of drug-likeness (QED) is 0.299. The van der Waals surface area contributed by atoms with Gasteiger partial charge in [0.15, 0.2) is 0 Å². The highest BCUT2D eigenvalue weighted by Crippen LogP contribution is 2.35. The van der Waals surface area contributed by atoms with Crippen LogP contribution in [0.25, 0.3) is 0 Å². The molecule has 0 radical (unpaired) electrons. The average molecular weight is 444 g/mol. The molecule has 1 N–H and O–H groups in total. The number of amides is 2. The van der Waals surface area contributed by atoms with E-state index in [1.54, 1.807) is 0 Å². The predicted molar refractivity (Wildman–Crippen MR) is 114 cm³/mol. The number of halogens is 1. The third-order valence-electron chi connectivity index (χ3n) is 4.28. The van der Waals surface area contributed by atoms with Gasteiger partial charge in [-0.05, 0) is 36.2 Å². The number of esters is 1. The molecule has 0 saturated carbocycles. The highest BCUT2D eigenvalue weighted by Gasteiger charge is 2.41. The molecule has 1 aliphatic heterocycles. The van der Waals surface area contributed by atoms with Crippen LogP contribution in [0.15, 0.2) is 59.3 Å². The molecule has 0 saturated heterocycles. The molecule has 2 aromatic rings. The lowest BCUT2D eigenvalue weighted by Gasteiger charge is -2.15. The fourth-order valence-corrected chi connectivity index (χ4v) is 3.01. The van der Waals surface area contributed by atoms with Gasteiger partial charge in [0, 0.05) is 11.8 Å². The molecule has 9 nitrogen and oxygen atoms in total. The van der Waals surface area contributed by atoms with Crippen molar-refractivity contribution in [2.45, 2.75) is 13.8 Å². The predicted octanol–water partition coefficient (Wildman–Crippen LogP) is 3.84. The number of benzene rings is 2. The lowest BCUT2D eigenvalue weighted by Crippen LogP contribution is -2.32. The van der Waals surface area contributed by atoms with E-state index in [0.29, 0.717) is 22.8 Å². The van der Waals surface area contributed by atoms with Crippen molar-refractivity contribution in [1.82, 2.24) is 0 Å². The summed E-state index contributed by atoms with van der Waals surface area (Å²) in [5, 5.41) is 13.6. The Bertz CT molecular complexity index is 1090. The van der Waals surface area contributed by atoms with Crippen molar-refractivity contribution in [2.24, 2.45) is 5.92 Å². The van der Waals surface area contributed by atoms with E-state index in [1.165, 1.54) is 48.5 Å². The smallest absolute Gasteiger partial charge is 0.338 e. The van der Waals surface area contributed by atoms with Crippen LogP contribution in [0.1, 0.15) is 24.2 Å². The normalized spacial score (nSPS) is 13.7. The van der Waals surface area contributed by atoms with E-state index in [4.69, 9.17) is 16.3 Å². The lowest BCUT2D eigenvalue weighted by molar-refractivity contribution is -0.384. The van der Waals surface area contributed by atoms with Crippen LogP contribution in [0.4, 0.5) is 17.1 Å². The Labute approximate surface area is 182 Å². The standard InChI is InChI=1S/C21H18ClN3O6/c1-12(2)11-31-21(28)13-7-9-14(10-8-13)23-18-17(22)19(26)24(20(18)27)15-5-3-4-6-16(15)25(29)30/h3-10,12,23H,11H2,1-2H3. The Morgan fingerprint density at radius 3 is 2.39 bits per heavy atom. The Morgan fingerprint density at radius 1 is 1.13 bits per heavy atom. The zero-order valence-electron chi connectivity index (χ0n) is 16.6. The maximum atomic E-state index is 12.8. The van der Waals surface area contributed by atoms with Crippen LogP contribution in [-0.2, 0) is 14.3 Å². The first-order valence-electron chi connectivity index (χ1n) is 9.27. The number of nitro groups is 1. The average Bonchev–Trinajstić information content (AvgIpc) is 2.95. The summed E-state index contributed by atoms with van der Waals surface area (Å²) in [6.45, 7) is 4.13. The molecule has 160 valence electrons. The molecular formula is C21H18ClN3O6. The van der Waals surface area contributed by atoms with Gasteiger partial charge in [-0.3, -0.25) is 19.7 Å². The van der Waals surface area contributed by atoms with Gasteiger partial charge in [0.2, 0.25) is 0 Å². The van der Waals surface area contributed by atoms with Crippen LogP contribution in [0.3, 0.4) is 0 Å². The van der Waals surface area contributed by atoms with Crippen molar-refractivity contribution in [3.8, 4) is 0 Å². The van der Waals surface area contributed by atoms with Crippen molar-refractivity contribution >= 4 is 46.4 Å². The summed E-state index contributed by atoms with van der Waals surface area (Å²) in [6.07, 6.45) is 0. The van der Waals surface area contributed by atoms with Gasteiger partial charge in [-0.2, -0.15) is 0 Å². The van der Waals surface area contributed by atoms with E-state index in [1.807, 2.05) is 13.8 Å². The number of carbonyl (C=O) groups is 3. The number of nitrogens with zero attached hydrogens (tertiary/aromatic N) is 2. The number of nitrogens with one attached hydrogen (secondary N) is 1. The molecule has 0 aliphatic carbocycles. The fraction of sp³-hybridized carbons (Fsp3) is 0.190. The Morgan fingerprint density at radius 2 is 1.77 bits per heavy atom. The lowest BCUT2D eigenvalue weighted by atomic mass is 10.2. The molecule has 3 rings (SSSR count). The highest BCUT2D eigenvalue weighted by atomic mass is 35.5. The second-order valence-electron chi connectivity index (χ2n) is 7.08. The fourth-order valence-electron chi connectivity index (χ4n) is 2.80. The molecule has 0 aromatic heterocycles. The van der Waals surface area contributed by atoms with Crippen LogP contribution in [-0.4, -0.2) is 29.3 Å². The zero-order chi connectivity index (χ0) is 22.7.